The van der Waals surface area contributed by atoms with Crippen molar-refractivity contribution in [3.63, 3.8) is 0 Å². The molecule has 0 saturated carbocycles. The number of aliphatic hydroxyl groups excluding tert-OH is 1. The number of nitro benzene ring substituents is 1. The summed E-state index contributed by atoms with van der Waals surface area (Å²) in [7, 11) is 4.29. The molecule has 17 heteroatoms. The van der Waals surface area contributed by atoms with Gasteiger partial charge in [-0.15, -0.1) is 0 Å². The van der Waals surface area contributed by atoms with Crippen molar-refractivity contribution in [2.75, 3.05) is 50.7 Å². The predicted molar refractivity (Wildman–Crippen MR) is 226 cm³/mol. The molecule has 4 aliphatic heterocycles. The number of methoxy groups -OCH3 is 1. The van der Waals surface area contributed by atoms with E-state index in [4.69, 9.17) is 18.9 Å². The Morgan fingerprint density at radius 3 is 2.28 bits per heavy atom. The first kappa shape index (κ1) is 42.6. The Morgan fingerprint density at radius 1 is 0.883 bits per heavy atom. The number of ketones is 1. The Bertz CT molecular complexity index is 2230. The van der Waals surface area contributed by atoms with Crippen molar-refractivity contribution in [2.45, 2.75) is 68.7 Å². The molecule has 0 spiro atoms. The van der Waals surface area contributed by atoms with Crippen LogP contribution in [0.5, 0.6) is 17.2 Å². The molecule has 4 heterocycles. The number of anilines is 1. The molecule has 0 radical (unpaired) electrons. The number of hydrogen-bond donors (Lipinski definition) is 1. The molecule has 2 saturated heterocycles. The summed E-state index contributed by atoms with van der Waals surface area (Å²) in [6.45, 7) is 11.1. The van der Waals surface area contributed by atoms with Crippen molar-refractivity contribution in [2.24, 2.45) is 0 Å². The number of Topliss-reactive ketones (excluding diaryl/α,β-unsaturated/α-hetero) is 1. The third-order valence-corrected chi connectivity index (χ3v) is 13.3. The van der Waals surface area contributed by atoms with Crippen LogP contribution in [0.25, 0.3) is 0 Å². The van der Waals surface area contributed by atoms with Crippen molar-refractivity contribution in [3.05, 3.63) is 105 Å². The van der Waals surface area contributed by atoms with Gasteiger partial charge in [-0.05, 0) is 80.5 Å². The van der Waals surface area contributed by atoms with Gasteiger partial charge in [-0.1, -0.05) is 45.9 Å². The van der Waals surface area contributed by atoms with E-state index in [2.05, 4.69) is 13.2 Å². The van der Waals surface area contributed by atoms with E-state index in [0.717, 1.165) is 27.4 Å². The number of aliphatic hydroxyl groups is 1. The number of rotatable bonds is 15. The van der Waals surface area contributed by atoms with Gasteiger partial charge in [-0.3, -0.25) is 24.5 Å². The van der Waals surface area contributed by atoms with E-state index in [0.29, 0.717) is 85.1 Å². The first-order valence-corrected chi connectivity index (χ1v) is 21.9. The smallest absolute Gasteiger partial charge is 0.416 e. The molecule has 4 aliphatic rings. The van der Waals surface area contributed by atoms with Gasteiger partial charge in [-0.2, -0.15) is 0 Å². The van der Waals surface area contributed by atoms with Crippen molar-refractivity contribution in [1.29, 1.82) is 0 Å². The highest BCUT2D eigenvalue weighted by atomic mass is 33.1. The van der Waals surface area contributed by atoms with Gasteiger partial charge in [0.2, 0.25) is 0 Å². The van der Waals surface area contributed by atoms with Crippen LogP contribution < -0.4 is 19.1 Å². The molecule has 0 aromatic heterocycles. The zero-order valence-electron chi connectivity index (χ0n) is 33.4. The van der Waals surface area contributed by atoms with E-state index in [-0.39, 0.29) is 54.1 Å². The quantitative estimate of drug-likeness (QED) is 0.0548. The highest BCUT2D eigenvalue weighted by Gasteiger charge is 2.46. The number of carbonyl (C=O) groups excluding carboxylic acids is 4. The summed E-state index contributed by atoms with van der Waals surface area (Å²) in [6, 6.07) is 11.6. The molecule has 1 N–H and O–H groups in total. The number of non-ortho nitro benzene ring substituents is 1. The van der Waals surface area contributed by atoms with Crippen LogP contribution >= 0.6 is 21.6 Å². The van der Waals surface area contributed by atoms with Crippen molar-refractivity contribution >= 4 is 56.7 Å². The van der Waals surface area contributed by atoms with Gasteiger partial charge >= 0.3 is 6.09 Å². The zero-order chi connectivity index (χ0) is 42.7. The van der Waals surface area contributed by atoms with E-state index < -0.39 is 29.3 Å². The van der Waals surface area contributed by atoms with E-state index in [1.54, 1.807) is 41.3 Å². The first-order valence-electron chi connectivity index (χ1n) is 19.6. The molecule has 15 nitrogen and oxygen atoms in total. The third-order valence-electron chi connectivity index (χ3n) is 10.9. The van der Waals surface area contributed by atoms with E-state index in [1.165, 1.54) is 45.7 Å². The van der Waals surface area contributed by atoms with Crippen molar-refractivity contribution in [1.82, 2.24) is 9.80 Å². The molecule has 3 atom stereocenters. The topological polar surface area (TPSA) is 178 Å². The second-order valence-corrected chi connectivity index (χ2v) is 17.6. The minimum Gasteiger partial charge on any atom is -0.493 e. The number of amides is 3. The standard InChI is InChI=1S/C43H46N4O11S2/c1-25-16-34-36(48)19-28-20-39(38(55-4)21-31(28)40(49)44(34)23-25)57-13-7-5-6-12-56-37-22-33-32(18-27(37)3)41(50)45-24-26(2)17-35(45)42(51)46(33)43(52)58-14-15-59-60-30-10-8-29(9-11-30)47(53)54/h8-11,18,20-22,34-35,42,51H,1-2,5-7,12-17,19,23-24H2,3-4H3/t34-,35-,42-/m0/s1. The number of fused-ring (bicyclic) bond motifs is 4. The molecule has 316 valence electrons. The number of nitrogens with zero attached hydrogens (tertiary/aromatic N) is 4. The van der Waals surface area contributed by atoms with Gasteiger partial charge in [0.25, 0.3) is 17.5 Å². The lowest BCUT2D eigenvalue weighted by Crippen LogP contribution is -2.51. The average molecular weight is 859 g/mol. The van der Waals surface area contributed by atoms with Gasteiger partial charge in [0, 0.05) is 53.9 Å². The zero-order valence-corrected chi connectivity index (χ0v) is 35.0. The summed E-state index contributed by atoms with van der Waals surface area (Å²) in [6.07, 6.45) is 0.792. The van der Waals surface area contributed by atoms with E-state index in [1.807, 2.05) is 6.92 Å². The monoisotopic (exact) mass is 858 g/mol. The van der Waals surface area contributed by atoms with Gasteiger partial charge < -0.3 is 33.9 Å². The van der Waals surface area contributed by atoms with Gasteiger partial charge in [0.1, 0.15) is 12.4 Å². The highest BCUT2D eigenvalue weighted by Crippen LogP contribution is 2.40. The van der Waals surface area contributed by atoms with Crippen LogP contribution in [-0.2, 0) is 16.0 Å². The summed E-state index contributed by atoms with van der Waals surface area (Å²) in [4.78, 5) is 69.5. The maximum absolute atomic E-state index is 13.9. The minimum absolute atomic E-state index is 0.00273. The normalized spacial score (nSPS) is 19.6. The molecular formula is C43H46N4O11S2. The van der Waals surface area contributed by atoms with Crippen LogP contribution in [0.3, 0.4) is 0 Å². The second kappa shape index (κ2) is 18.4. The maximum Gasteiger partial charge on any atom is 0.416 e. The molecular weight excluding hydrogens is 813 g/mol. The second-order valence-electron chi connectivity index (χ2n) is 15.1. The maximum atomic E-state index is 13.9. The van der Waals surface area contributed by atoms with E-state index in [9.17, 15) is 34.4 Å². The number of ether oxygens (including phenoxy) is 4. The van der Waals surface area contributed by atoms with Crippen LogP contribution in [-0.4, -0.2) is 108 Å². The third kappa shape index (κ3) is 8.98. The number of carbonyl (C=O) groups is 4. The molecule has 3 aromatic rings. The van der Waals surface area contributed by atoms with Crippen molar-refractivity contribution < 1.29 is 48.2 Å². The predicted octanol–water partition coefficient (Wildman–Crippen LogP) is 6.92. The summed E-state index contributed by atoms with van der Waals surface area (Å²) >= 11 is 0. The fourth-order valence-corrected chi connectivity index (χ4v) is 9.70. The molecule has 7 rings (SSSR count). The number of nitro groups is 1. The fraction of sp³-hybridized carbons (Fsp3) is 0.395. The Morgan fingerprint density at radius 2 is 1.57 bits per heavy atom. The molecule has 2 fully saturated rings. The largest absolute Gasteiger partial charge is 0.493 e. The average Bonchev–Trinajstić information content (AvgIpc) is 3.79. The van der Waals surface area contributed by atoms with E-state index >= 15 is 0 Å². The molecule has 0 bridgehead atoms. The molecule has 0 unspecified atom stereocenters. The number of benzene rings is 3. The number of aryl methyl sites for hydroxylation is 1. The van der Waals surface area contributed by atoms with Crippen LogP contribution in [0.4, 0.5) is 16.2 Å². The minimum atomic E-state index is -1.41. The van der Waals surface area contributed by atoms with Crippen LogP contribution in [0.2, 0.25) is 0 Å². The van der Waals surface area contributed by atoms with Gasteiger partial charge in [0.15, 0.2) is 23.5 Å². The molecule has 0 aliphatic carbocycles. The van der Waals surface area contributed by atoms with Crippen LogP contribution in [0.15, 0.2) is 77.7 Å². The van der Waals surface area contributed by atoms with Gasteiger partial charge in [0.05, 0.1) is 48.6 Å². The van der Waals surface area contributed by atoms with Gasteiger partial charge in [-0.25, -0.2) is 9.69 Å². The lowest BCUT2D eigenvalue weighted by atomic mass is 9.99. The highest BCUT2D eigenvalue weighted by molar-refractivity contribution is 8.76. The molecule has 3 amide bonds. The SMILES string of the molecule is C=C1C[C@H]2C(=O)Cc3cc(OCCCCCOc4cc5c(cc4C)C(=O)N4CC(=C)C[C@H]4[C@H](O)N5C(=O)OCCSSc4ccc([N+](=O)[O-])cc4)c(OC)cc3C(=O)N2C1. The Kier molecular flexibility index (Phi) is 13.1. The Labute approximate surface area is 355 Å². The lowest BCUT2D eigenvalue weighted by molar-refractivity contribution is -0.384. The molecule has 3 aromatic carbocycles. The Hall–Kier alpha value is -5.52. The summed E-state index contributed by atoms with van der Waals surface area (Å²) < 4.78 is 23.5. The summed E-state index contributed by atoms with van der Waals surface area (Å²) in [5.41, 5.74) is 3.79. The number of hydrogen-bond acceptors (Lipinski definition) is 13. The molecule has 60 heavy (non-hydrogen) atoms. The van der Waals surface area contributed by atoms with Crippen LogP contribution in [0, 0.1) is 17.0 Å². The number of unbranched alkanes of at least 4 members (excludes halogenated alkanes) is 2. The van der Waals surface area contributed by atoms with Crippen molar-refractivity contribution in [3.8, 4) is 17.2 Å². The summed E-state index contributed by atoms with van der Waals surface area (Å²) in [5.74, 6) is 1.16. The first-order chi connectivity index (χ1) is 28.8. The Balaban J connectivity index is 0.949. The summed E-state index contributed by atoms with van der Waals surface area (Å²) in [5, 5.41) is 22.6. The lowest BCUT2D eigenvalue weighted by Gasteiger charge is -2.31. The van der Waals surface area contributed by atoms with Crippen LogP contribution in [0.1, 0.15) is 63.9 Å². The fourth-order valence-electron chi connectivity index (χ4n) is 7.89.